The fourth-order valence-corrected chi connectivity index (χ4v) is 1.42. The lowest BCUT2D eigenvalue weighted by Crippen LogP contribution is -2.63. The molecule has 0 atom stereocenters. The molecule has 0 bridgehead atoms. The van der Waals surface area contributed by atoms with E-state index in [1.807, 2.05) is 0 Å². The summed E-state index contributed by atoms with van der Waals surface area (Å²) >= 11 is 0. The van der Waals surface area contributed by atoms with Crippen molar-refractivity contribution in [3.63, 3.8) is 0 Å². The van der Waals surface area contributed by atoms with Crippen LogP contribution in [0.2, 0.25) is 0 Å². The number of nitrogens with zero attached hydrogens (tertiary/aromatic N) is 2. The molecule has 92 valence electrons. The van der Waals surface area contributed by atoms with Gasteiger partial charge in [0, 0.05) is 19.1 Å². The highest BCUT2D eigenvalue weighted by atomic mass is 19.4. The highest BCUT2D eigenvalue weighted by Gasteiger charge is 2.47. The van der Waals surface area contributed by atoms with Gasteiger partial charge in [0.1, 0.15) is 0 Å². The summed E-state index contributed by atoms with van der Waals surface area (Å²) in [6.07, 6.45) is -4.85. The Morgan fingerprint density at radius 1 is 1.44 bits per heavy atom. The molecular formula is C8H11F3N2O3. The second kappa shape index (κ2) is 4.28. The van der Waals surface area contributed by atoms with Crippen LogP contribution in [-0.2, 0) is 9.59 Å². The van der Waals surface area contributed by atoms with Crippen LogP contribution in [0.25, 0.3) is 0 Å². The van der Waals surface area contributed by atoms with Gasteiger partial charge in [-0.25, -0.2) is 0 Å². The monoisotopic (exact) mass is 240 g/mol. The molecule has 1 saturated heterocycles. The predicted molar refractivity (Wildman–Crippen MR) is 46.7 cm³/mol. The first kappa shape index (κ1) is 12.8. The van der Waals surface area contributed by atoms with E-state index in [1.165, 1.54) is 11.9 Å². The molecule has 16 heavy (non-hydrogen) atoms. The van der Waals surface area contributed by atoms with Crippen LogP contribution in [0.5, 0.6) is 0 Å². The molecule has 5 nitrogen and oxygen atoms in total. The van der Waals surface area contributed by atoms with Crippen LogP contribution in [0.15, 0.2) is 0 Å². The summed E-state index contributed by atoms with van der Waals surface area (Å²) in [6.45, 7) is -0.414. The van der Waals surface area contributed by atoms with Crippen molar-refractivity contribution in [3.8, 4) is 0 Å². The highest BCUT2D eigenvalue weighted by Crippen LogP contribution is 2.23. The molecule has 8 heteroatoms. The number of rotatable bonds is 3. The van der Waals surface area contributed by atoms with E-state index >= 15 is 0 Å². The number of hydrogen-bond donors (Lipinski definition) is 1. The van der Waals surface area contributed by atoms with Gasteiger partial charge in [-0.2, -0.15) is 13.2 Å². The second-order valence-corrected chi connectivity index (χ2v) is 3.67. The number of halogens is 3. The van der Waals surface area contributed by atoms with Crippen molar-refractivity contribution >= 4 is 11.9 Å². The number of likely N-dealkylation sites (tertiary alicyclic amines) is 1. The Hall–Kier alpha value is -1.31. The van der Waals surface area contributed by atoms with Crippen molar-refractivity contribution in [3.05, 3.63) is 0 Å². The van der Waals surface area contributed by atoms with E-state index in [4.69, 9.17) is 5.11 Å². The Morgan fingerprint density at radius 3 is 2.31 bits per heavy atom. The lowest BCUT2D eigenvalue weighted by Gasteiger charge is -2.43. The van der Waals surface area contributed by atoms with Crippen molar-refractivity contribution < 1.29 is 27.9 Å². The van der Waals surface area contributed by atoms with Gasteiger partial charge in [-0.15, -0.1) is 0 Å². The summed E-state index contributed by atoms with van der Waals surface area (Å²) in [5.41, 5.74) is 0. The Morgan fingerprint density at radius 2 is 1.94 bits per heavy atom. The zero-order chi connectivity index (χ0) is 12.5. The molecule has 1 fully saturated rings. The van der Waals surface area contributed by atoms with Crippen molar-refractivity contribution in [2.45, 2.75) is 12.2 Å². The number of aliphatic carboxylic acids is 1. The number of carboxylic acid groups (broad SMARTS) is 1. The third kappa shape index (κ3) is 2.84. The number of hydrogen-bond acceptors (Lipinski definition) is 3. The summed E-state index contributed by atoms with van der Waals surface area (Å²) in [5, 5.41) is 8.45. The molecule has 0 aliphatic carbocycles. The van der Waals surface area contributed by atoms with Crippen LogP contribution < -0.4 is 0 Å². The van der Waals surface area contributed by atoms with E-state index in [0.29, 0.717) is 4.90 Å². The van der Waals surface area contributed by atoms with Crippen LogP contribution in [0.1, 0.15) is 0 Å². The summed E-state index contributed by atoms with van der Waals surface area (Å²) in [6, 6.07) is -0.317. The van der Waals surface area contributed by atoms with E-state index in [1.54, 1.807) is 0 Å². The molecule has 1 N–H and O–H groups in total. The van der Waals surface area contributed by atoms with Crippen LogP contribution in [0.4, 0.5) is 13.2 Å². The zero-order valence-electron chi connectivity index (χ0n) is 8.49. The summed E-state index contributed by atoms with van der Waals surface area (Å²) in [7, 11) is 1.49. The van der Waals surface area contributed by atoms with Gasteiger partial charge < -0.3 is 10.0 Å². The van der Waals surface area contributed by atoms with Crippen LogP contribution >= 0.6 is 0 Å². The van der Waals surface area contributed by atoms with Gasteiger partial charge in [0.15, 0.2) is 0 Å². The van der Waals surface area contributed by atoms with E-state index in [9.17, 15) is 22.8 Å². The molecule has 0 aromatic heterocycles. The average Bonchev–Trinajstić information content (AvgIpc) is 1.97. The van der Waals surface area contributed by atoms with Gasteiger partial charge in [0.05, 0.1) is 6.54 Å². The quantitative estimate of drug-likeness (QED) is 0.740. The first-order valence-electron chi connectivity index (χ1n) is 4.50. The third-order valence-corrected chi connectivity index (χ3v) is 2.40. The molecule has 0 unspecified atom stereocenters. The maximum Gasteiger partial charge on any atom is 0.471 e. The summed E-state index contributed by atoms with van der Waals surface area (Å²) < 4.78 is 35.9. The number of alkyl halides is 3. The van der Waals surface area contributed by atoms with Gasteiger partial charge in [0.2, 0.25) is 0 Å². The van der Waals surface area contributed by atoms with Gasteiger partial charge in [-0.05, 0) is 7.05 Å². The SMILES string of the molecule is CN(CC(=O)O)C1CN(C(=O)C(F)(F)F)C1. The summed E-state index contributed by atoms with van der Waals surface area (Å²) in [4.78, 5) is 23.1. The molecule has 0 radical (unpaired) electrons. The van der Waals surface area contributed by atoms with Crippen molar-refractivity contribution in [1.82, 2.24) is 9.80 Å². The largest absolute Gasteiger partial charge is 0.480 e. The maximum atomic E-state index is 12.0. The number of carbonyl (C=O) groups excluding carboxylic acids is 1. The lowest BCUT2D eigenvalue weighted by molar-refractivity contribution is -0.192. The second-order valence-electron chi connectivity index (χ2n) is 3.67. The van der Waals surface area contributed by atoms with Crippen LogP contribution in [-0.4, -0.2) is 65.7 Å². The Kier molecular flexibility index (Phi) is 3.41. The summed E-state index contributed by atoms with van der Waals surface area (Å²) in [5.74, 6) is -2.92. The van der Waals surface area contributed by atoms with E-state index in [0.717, 1.165) is 0 Å². The van der Waals surface area contributed by atoms with Crippen molar-refractivity contribution in [1.29, 1.82) is 0 Å². The van der Waals surface area contributed by atoms with Crippen molar-refractivity contribution in [2.24, 2.45) is 0 Å². The number of carboxylic acids is 1. The lowest BCUT2D eigenvalue weighted by atomic mass is 10.1. The predicted octanol–water partition coefficient (Wildman–Crippen LogP) is -0.224. The standard InChI is InChI=1S/C8H11F3N2O3/c1-12(4-6(14)15)5-2-13(3-5)7(16)8(9,10)11/h5H,2-4H2,1H3,(H,14,15). The highest BCUT2D eigenvalue weighted by molar-refractivity contribution is 5.82. The minimum Gasteiger partial charge on any atom is -0.480 e. The van der Waals surface area contributed by atoms with E-state index in [-0.39, 0.29) is 25.7 Å². The van der Waals surface area contributed by atoms with E-state index in [2.05, 4.69) is 0 Å². The minimum absolute atomic E-state index is 0.0812. The molecular weight excluding hydrogens is 229 g/mol. The van der Waals surface area contributed by atoms with E-state index < -0.39 is 18.1 Å². The fourth-order valence-electron chi connectivity index (χ4n) is 1.42. The molecule has 1 amide bonds. The number of carbonyl (C=O) groups is 2. The Bertz CT molecular complexity index is 299. The van der Waals surface area contributed by atoms with Crippen molar-refractivity contribution in [2.75, 3.05) is 26.7 Å². The molecule has 0 saturated carbocycles. The molecule has 1 heterocycles. The Balaban J connectivity index is 2.38. The zero-order valence-corrected chi connectivity index (χ0v) is 8.49. The first-order chi connectivity index (χ1) is 7.21. The number of amides is 1. The topological polar surface area (TPSA) is 60.9 Å². The fraction of sp³-hybridized carbons (Fsp3) is 0.750. The molecule has 1 rings (SSSR count). The molecule has 1 aliphatic rings. The average molecular weight is 240 g/mol. The maximum absolute atomic E-state index is 12.0. The number of likely N-dealkylation sites (N-methyl/N-ethyl adjacent to an activating group) is 1. The first-order valence-corrected chi connectivity index (χ1v) is 4.50. The van der Waals surface area contributed by atoms with Crippen LogP contribution in [0, 0.1) is 0 Å². The van der Waals surface area contributed by atoms with Gasteiger partial charge >= 0.3 is 18.1 Å². The molecule has 1 aliphatic heterocycles. The smallest absolute Gasteiger partial charge is 0.471 e. The van der Waals surface area contributed by atoms with Gasteiger partial charge in [-0.1, -0.05) is 0 Å². The Labute approximate surface area is 89.4 Å². The third-order valence-electron chi connectivity index (χ3n) is 2.40. The molecule has 0 spiro atoms. The minimum atomic E-state index is -4.85. The van der Waals surface area contributed by atoms with Gasteiger partial charge in [0.25, 0.3) is 0 Å². The normalized spacial score (nSPS) is 17.4. The van der Waals surface area contributed by atoms with Gasteiger partial charge in [-0.3, -0.25) is 14.5 Å². The molecule has 0 aromatic rings. The van der Waals surface area contributed by atoms with Crippen LogP contribution in [0.3, 0.4) is 0 Å². The molecule has 0 aromatic carbocycles.